The summed E-state index contributed by atoms with van der Waals surface area (Å²) >= 11 is 12.0. The van der Waals surface area contributed by atoms with Crippen molar-refractivity contribution in [1.29, 1.82) is 0 Å². The maximum absolute atomic E-state index is 12.5. The van der Waals surface area contributed by atoms with Crippen molar-refractivity contribution in [1.82, 2.24) is 5.32 Å². The molecule has 1 aromatic carbocycles. The molecule has 0 spiro atoms. The minimum atomic E-state index is -0.376. The maximum Gasteiger partial charge on any atom is 0.227 e. The Labute approximate surface area is 151 Å². The zero-order valence-electron chi connectivity index (χ0n) is 13.4. The molecule has 3 atom stereocenters. The lowest BCUT2D eigenvalue weighted by Crippen LogP contribution is -2.44. The van der Waals surface area contributed by atoms with Gasteiger partial charge in [-0.3, -0.25) is 9.59 Å². The summed E-state index contributed by atoms with van der Waals surface area (Å²) in [5.41, 5.74) is 0.625. The van der Waals surface area contributed by atoms with Crippen LogP contribution in [0.1, 0.15) is 26.2 Å². The van der Waals surface area contributed by atoms with E-state index in [9.17, 15) is 9.59 Å². The Morgan fingerprint density at radius 3 is 2.67 bits per heavy atom. The molecule has 3 rings (SSSR count). The van der Waals surface area contributed by atoms with Crippen LogP contribution in [0.15, 0.2) is 18.2 Å². The van der Waals surface area contributed by atoms with E-state index in [0.29, 0.717) is 22.3 Å². The number of nitrogens with one attached hydrogen (secondary N) is 1. The van der Waals surface area contributed by atoms with Gasteiger partial charge in [0.1, 0.15) is 0 Å². The average Bonchev–Trinajstić information content (AvgIpc) is 3.15. The standard InChI is InChI=1S/C17H20Cl2N2O3/c1-10(15-3-2-4-24-15)20-17(23)11-5-16(22)21(9-11)14-7-12(18)6-13(19)8-14/h6-8,10-11,15H,2-5,9H2,1H3,(H,20,23). The Balaban J connectivity index is 1.64. The van der Waals surface area contributed by atoms with Crippen molar-refractivity contribution in [3.05, 3.63) is 28.2 Å². The highest BCUT2D eigenvalue weighted by molar-refractivity contribution is 6.35. The lowest BCUT2D eigenvalue weighted by molar-refractivity contribution is -0.127. The van der Waals surface area contributed by atoms with E-state index < -0.39 is 0 Å². The molecule has 1 aromatic rings. The molecule has 7 heteroatoms. The van der Waals surface area contributed by atoms with Crippen molar-refractivity contribution in [2.75, 3.05) is 18.1 Å². The summed E-state index contributed by atoms with van der Waals surface area (Å²) in [6.45, 7) is 3.02. The number of halogens is 2. The minimum absolute atomic E-state index is 0.0511. The van der Waals surface area contributed by atoms with Crippen LogP contribution >= 0.6 is 23.2 Å². The van der Waals surface area contributed by atoms with Gasteiger partial charge in [0.2, 0.25) is 11.8 Å². The molecule has 5 nitrogen and oxygen atoms in total. The Kier molecular flexibility index (Phi) is 5.33. The number of hydrogen-bond donors (Lipinski definition) is 1. The molecule has 0 aromatic heterocycles. The molecule has 24 heavy (non-hydrogen) atoms. The lowest BCUT2D eigenvalue weighted by atomic mass is 10.1. The van der Waals surface area contributed by atoms with E-state index in [1.165, 1.54) is 0 Å². The molecule has 130 valence electrons. The molecule has 3 unspecified atom stereocenters. The number of benzene rings is 1. The molecule has 2 saturated heterocycles. The van der Waals surface area contributed by atoms with Crippen LogP contribution in [0.25, 0.3) is 0 Å². The summed E-state index contributed by atoms with van der Waals surface area (Å²) in [7, 11) is 0. The van der Waals surface area contributed by atoms with Crippen LogP contribution in [0, 0.1) is 5.92 Å². The highest BCUT2D eigenvalue weighted by Crippen LogP contribution is 2.30. The number of nitrogens with zero attached hydrogens (tertiary/aromatic N) is 1. The van der Waals surface area contributed by atoms with Gasteiger partial charge in [0, 0.05) is 35.3 Å². The van der Waals surface area contributed by atoms with E-state index in [1.807, 2.05) is 6.92 Å². The molecular formula is C17H20Cl2N2O3. The maximum atomic E-state index is 12.5. The summed E-state index contributed by atoms with van der Waals surface area (Å²) in [6, 6.07) is 4.92. The van der Waals surface area contributed by atoms with Crippen molar-refractivity contribution in [2.45, 2.75) is 38.3 Å². The summed E-state index contributed by atoms with van der Waals surface area (Å²) in [5.74, 6) is -0.584. The fourth-order valence-corrected chi connectivity index (χ4v) is 3.77. The highest BCUT2D eigenvalue weighted by atomic mass is 35.5. The molecule has 2 fully saturated rings. The van der Waals surface area contributed by atoms with Crippen LogP contribution in [0.5, 0.6) is 0 Å². The first-order valence-corrected chi connectivity index (χ1v) is 8.88. The van der Waals surface area contributed by atoms with Crippen molar-refractivity contribution in [3.8, 4) is 0 Å². The van der Waals surface area contributed by atoms with E-state index in [-0.39, 0.29) is 36.3 Å². The van der Waals surface area contributed by atoms with Crippen LogP contribution in [0.3, 0.4) is 0 Å². The van der Waals surface area contributed by atoms with E-state index in [0.717, 1.165) is 19.4 Å². The normalized spacial score (nSPS) is 25.1. The van der Waals surface area contributed by atoms with Gasteiger partial charge in [-0.25, -0.2) is 0 Å². The third-order valence-electron chi connectivity index (χ3n) is 4.55. The Hall–Kier alpha value is -1.30. The molecule has 1 N–H and O–H groups in total. The summed E-state index contributed by atoms with van der Waals surface area (Å²) in [4.78, 5) is 26.3. The van der Waals surface area contributed by atoms with Crippen molar-refractivity contribution in [3.63, 3.8) is 0 Å². The van der Waals surface area contributed by atoms with Gasteiger partial charge in [0.15, 0.2) is 0 Å². The van der Waals surface area contributed by atoms with Crippen molar-refractivity contribution >= 4 is 40.7 Å². The molecule has 2 aliphatic rings. The predicted octanol–water partition coefficient (Wildman–Crippen LogP) is 3.03. The van der Waals surface area contributed by atoms with E-state index in [4.69, 9.17) is 27.9 Å². The second-order valence-corrected chi connectivity index (χ2v) is 7.25. The van der Waals surface area contributed by atoms with Gasteiger partial charge in [-0.15, -0.1) is 0 Å². The summed E-state index contributed by atoms with van der Waals surface area (Å²) in [5, 5.41) is 3.91. The quantitative estimate of drug-likeness (QED) is 0.885. The van der Waals surface area contributed by atoms with Crippen LogP contribution in [-0.2, 0) is 14.3 Å². The molecule has 2 amide bonds. The van der Waals surface area contributed by atoms with Crippen LogP contribution in [0.2, 0.25) is 10.0 Å². The van der Waals surface area contributed by atoms with Gasteiger partial charge in [-0.05, 0) is 38.0 Å². The number of carbonyl (C=O) groups excluding carboxylic acids is 2. The number of ether oxygens (including phenoxy) is 1. The largest absolute Gasteiger partial charge is 0.376 e. The van der Waals surface area contributed by atoms with E-state index >= 15 is 0 Å². The van der Waals surface area contributed by atoms with Gasteiger partial charge in [0.05, 0.1) is 18.1 Å². The summed E-state index contributed by atoms with van der Waals surface area (Å²) in [6.07, 6.45) is 2.23. The van der Waals surface area contributed by atoms with Crippen LogP contribution in [0.4, 0.5) is 5.69 Å². The third-order valence-corrected chi connectivity index (χ3v) is 4.98. The van der Waals surface area contributed by atoms with Crippen LogP contribution in [-0.4, -0.2) is 37.1 Å². The SMILES string of the molecule is CC(NC(=O)C1CC(=O)N(c2cc(Cl)cc(Cl)c2)C1)C1CCCO1. The van der Waals surface area contributed by atoms with Gasteiger partial charge >= 0.3 is 0 Å². The fourth-order valence-electron chi connectivity index (χ4n) is 3.26. The van der Waals surface area contributed by atoms with E-state index in [2.05, 4.69) is 5.32 Å². The Morgan fingerprint density at radius 1 is 1.33 bits per heavy atom. The molecule has 0 radical (unpaired) electrons. The molecule has 0 aliphatic carbocycles. The zero-order valence-corrected chi connectivity index (χ0v) is 14.9. The molecule has 0 saturated carbocycles. The molecule has 0 bridgehead atoms. The lowest BCUT2D eigenvalue weighted by Gasteiger charge is -2.22. The zero-order chi connectivity index (χ0) is 17.3. The van der Waals surface area contributed by atoms with Crippen LogP contribution < -0.4 is 10.2 Å². The fraction of sp³-hybridized carbons (Fsp3) is 0.529. The number of amides is 2. The monoisotopic (exact) mass is 370 g/mol. The average molecular weight is 371 g/mol. The molecule has 2 heterocycles. The number of anilines is 1. The number of rotatable bonds is 4. The first-order chi connectivity index (χ1) is 11.4. The van der Waals surface area contributed by atoms with Crippen molar-refractivity contribution < 1.29 is 14.3 Å². The molecular weight excluding hydrogens is 351 g/mol. The smallest absolute Gasteiger partial charge is 0.227 e. The minimum Gasteiger partial charge on any atom is -0.376 e. The predicted molar refractivity (Wildman–Crippen MR) is 93.5 cm³/mol. The molecule has 2 aliphatic heterocycles. The van der Waals surface area contributed by atoms with Gasteiger partial charge in [-0.2, -0.15) is 0 Å². The first kappa shape index (κ1) is 17.5. The second-order valence-electron chi connectivity index (χ2n) is 6.38. The highest BCUT2D eigenvalue weighted by Gasteiger charge is 2.36. The van der Waals surface area contributed by atoms with Gasteiger partial charge in [0.25, 0.3) is 0 Å². The second kappa shape index (κ2) is 7.30. The topological polar surface area (TPSA) is 58.6 Å². The first-order valence-electron chi connectivity index (χ1n) is 8.12. The van der Waals surface area contributed by atoms with E-state index in [1.54, 1.807) is 23.1 Å². The number of hydrogen-bond acceptors (Lipinski definition) is 3. The Bertz CT molecular complexity index is 626. The van der Waals surface area contributed by atoms with Crippen molar-refractivity contribution in [2.24, 2.45) is 5.92 Å². The third kappa shape index (κ3) is 3.85. The number of carbonyl (C=O) groups is 2. The summed E-state index contributed by atoms with van der Waals surface area (Å²) < 4.78 is 5.59. The Morgan fingerprint density at radius 2 is 2.04 bits per heavy atom. The van der Waals surface area contributed by atoms with Gasteiger partial charge < -0.3 is 15.0 Å². The van der Waals surface area contributed by atoms with Gasteiger partial charge in [-0.1, -0.05) is 23.2 Å².